The molecule has 0 spiro atoms. The number of hydrogen-bond acceptors (Lipinski definition) is 2. The summed E-state index contributed by atoms with van der Waals surface area (Å²) in [7, 11) is 0. The van der Waals surface area contributed by atoms with Gasteiger partial charge in [-0.25, -0.2) is 0 Å². The largest absolute Gasteiger partial charge is 0.399 e. The average molecular weight is 245 g/mol. The molecule has 1 fully saturated rings. The van der Waals surface area contributed by atoms with Crippen molar-refractivity contribution in [1.82, 2.24) is 0 Å². The average Bonchev–Trinajstić information content (AvgIpc) is 2.38. The number of nitrogen functional groups attached to an aromatic ring is 1. The Morgan fingerprint density at radius 3 is 2.72 bits per heavy atom. The molecule has 2 rings (SSSR count). The van der Waals surface area contributed by atoms with Gasteiger partial charge in [0.2, 0.25) is 0 Å². The van der Waals surface area contributed by atoms with Crippen molar-refractivity contribution in [3.05, 3.63) is 29.8 Å². The predicted octanol–water partition coefficient (Wildman–Crippen LogP) is 3.74. The molecule has 0 unspecified atom stereocenters. The summed E-state index contributed by atoms with van der Waals surface area (Å²) in [6, 6.07) is 7.85. The fraction of sp³-hybridized carbons (Fsp3) is 0.562. The van der Waals surface area contributed by atoms with Crippen LogP contribution in [0.15, 0.2) is 24.3 Å². The molecular formula is C16H23NO. The number of carbonyl (C=O) groups excluding carboxylic acids is 1. The Balaban J connectivity index is 1.74. The summed E-state index contributed by atoms with van der Waals surface area (Å²) in [5, 5.41) is 0. The van der Waals surface area contributed by atoms with Crippen LogP contribution in [0.3, 0.4) is 0 Å². The fourth-order valence-electron chi connectivity index (χ4n) is 2.85. The van der Waals surface area contributed by atoms with Crippen molar-refractivity contribution < 1.29 is 4.79 Å². The lowest BCUT2D eigenvalue weighted by Gasteiger charge is -2.20. The quantitative estimate of drug-likeness (QED) is 0.803. The molecule has 0 aliphatic heterocycles. The second-order valence-electron chi connectivity index (χ2n) is 5.49. The first-order valence-electron chi connectivity index (χ1n) is 7.10. The Kier molecular flexibility index (Phi) is 4.80. The van der Waals surface area contributed by atoms with Crippen LogP contribution in [0.2, 0.25) is 0 Å². The van der Waals surface area contributed by atoms with E-state index >= 15 is 0 Å². The van der Waals surface area contributed by atoms with Crippen LogP contribution in [-0.2, 0) is 11.2 Å². The van der Waals surface area contributed by atoms with Crippen molar-refractivity contribution in [2.45, 2.75) is 51.4 Å². The van der Waals surface area contributed by atoms with Crippen LogP contribution in [0.5, 0.6) is 0 Å². The minimum Gasteiger partial charge on any atom is -0.399 e. The summed E-state index contributed by atoms with van der Waals surface area (Å²) in [4.78, 5) is 11.9. The lowest BCUT2D eigenvalue weighted by atomic mass is 9.85. The zero-order valence-corrected chi connectivity index (χ0v) is 11.0. The minimum absolute atomic E-state index is 0.421. The van der Waals surface area contributed by atoms with E-state index in [1.807, 2.05) is 24.3 Å². The Labute approximate surface area is 110 Å². The van der Waals surface area contributed by atoms with Gasteiger partial charge in [0.15, 0.2) is 0 Å². The van der Waals surface area contributed by atoms with E-state index in [0.29, 0.717) is 18.1 Å². The normalized spacial score (nSPS) is 16.7. The molecule has 2 nitrogen and oxygen atoms in total. The molecule has 0 aromatic heterocycles. The molecule has 18 heavy (non-hydrogen) atoms. The Bertz CT molecular complexity index is 394. The topological polar surface area (TPSA) is 43.1 Å². The van der Waals surface area contributed by atoms with Crippen LogP contribution in [0.25, 0.3) is 0 Å². The molecule has 0 atom stereocenters. The van der Waals surface area contributed by atoms with Gasteiger partial charge >= 0.3 is 0 Å². The molecule has 0 amide bonds. The lowest BCUT2D eigenvalue weighted by Crippen LogP contribution is -2.12. The molecule has 2 heteroatoms. The summed E-state index contributed by atoms with van der Waals surface area (Å²) in [5.41, 5.74) is 7.69. The number of benzene rings is 1. The Morgan fingerprint density at radius 2 is 2.00 bits per heavy atom. The van der Waals surface area contributed by atoms with Crippen molar-refractivity contribution in [2.24, 2.45) is 5.92 Å². The van der Waals surface area contributed by atoms with Crippen molar-refractivity contribution in [1.29, 1.82) is 0 Å². The van der Waals surface area contributed by atoms with E-state index in [9.17, 15) is 4.79 Å². The number of Topliss-reactive ketones (excluding diaryl/α,β-unsaturated/α-hetero) is 1. The number of nitrogens with two attached hydrogens (primary N) is 1. The molecule has 1 aliphatic rings. The molecule has 1 saturated carbocycles. The molecular weight excluding hydrogens is 222 g/mol. The second-order valence-corrected chi connectivity index (χ2v) is 5.49. The van der Waals surface area contributed by atoms with Gasteiger partial charge in [-0.15, -0.1) is 0 Å². The molecule has 2 N–H and O–H groups in total. The van der Waals surface area contributed by atoms with Crippen LogP contribution in [0.1, 0.15) is 50.5 Å². The second kappa shape index (κ2) is 6.58. The van der Waals surface area contributed by atoms with Crippen molar-refractivity contribution >= 4 is 11.5 Å². The number of aryl methyl sites for hydroxylation is 1. The summed E-state index contributed by atoms with van der Waals surface area (Å²) in [6.45, 7) is 0. The number of hydrogen-bond donors (Lipinski definition) is 1. The maximum atomic E-state index is 11.9. The smallest absolute Gasteiger partial charge is 0.133 e. The molecule has 98 valence electrons. The third-order valence-electron chi connectivity index (χ3n) is 3.88. The highest BCUT2D eigenvalue weighted by molar-refractivity contribution is 5.78. The highest BCUT2D eigenvalue weighted by Crippen LogP contribution is 2.27. The molecule has 0 radical (unpaired) electrons. The highest BCUT2D eigenvalue weighted by atomic mass is 16.1. The molecule has 0 saturated heterocycles. The third-order valence-corrected chi connectivity index (χ3v) is 3.88. The number of carbonyl (C=O) groups is 1. The van der Waals surface area contributed by atoms with Crippen molar-refractivity contribution in [2.75, 3.05) is 5.73 Å². The SMILES string of the molecule is Nc1cccc(CCC(=O)CC2CCCCC2)c1. The minimum atomic E-state index is 0.421. The molecule has 1 aromatic carbocycles. The van der Waals surface area contributed by atoms with Gasteiger partial charge < -0.3 is 5.73 Å². The van der Waals surface area contributed by atoms with Crippen molar-refractivity contribution in [3.8, 4) is 0 Å². The maximum absolute atomic E-state index is 11.9. The van der Waals surface area contributed by atoms with Crippen LogP contribution < -0.4 is 5.73 Å². The summed E-state index contributed by atoms with van der Waals surface area (Å²) in [6.07, 6.45) is 8.78. The van der Waals surface area contributed by atoms with E-state index in [1.54, 1.807) is 0 Å². The standard InChI is InChI=1S/C16H23NO/c17-15-8-4-7-14(11-15)9-10-16(18)12-13-5-2-1-3-6-13/h4,7-8,11,13H,1-3,5-6,9-10,12,17H2. The number of ketones is 1. The van der Waals surface area contributed by atoms with Crippen LogP contribution in [0.4, 0.5) is 5.69 Å². The molecule has 1 aliphatic carbocycles. The monoisotopic (exact) mass is 245 g/mol. The van der Waals surface area contributed by atoms with E-state index in [2.05, 4.69) is 0 Å². The first-order valence-corrected chi connectivity index (χ1v) is 7.10. The summed E-state index contributed by atoms with van der Waals surface area (Å²) < 4.78 is 0. The van der Waals surface area contributed by atoms with E-state index in [-0.39, 0.29) is 0 Å². The highest BCUT2D eigenvalue weighted by Gasteiger charge is 2.16. The van der Waals surface area contributed by atoms with Crippen LogP contribution in [-0.4, -0.2) is 5.78 Å². The van der Waals surface area contributed by atoms with Crippen LogP contribution >= 0.6 is 0 Å². The van der Waals surface area contributed by atoms with Gasteiger partial charge in [0.25, 0.3) is 0 Å². The first-order chi connectivity index (χ1) is 8.74. The zero-order valence-electron chi connectivity index (χ0n) is 11.0. The van der Waals surface area contributed by atoms with Gasteiger partial charge in [-0.1, -0.05) is 44.2 Å². The number of rotatable bonds is 5. The Hall–Kier alpha value is -1.31. The predicted molar refractivity (Wildman–Crippen MR) is 75.4 cm³/mol. The maximum Gasteiger partial charge on any atom is 0.133 e. The molecule has 1 aromatic rings. The van der Waals surface area contributed by atoms with Gasteiger partial charge in [-0.05, 0) is 30.0 Å². The van der Waals surface area contributed by atoms with Gasteiger partial charge in [0.1, 0.15) is 5.78 Å². The summed E-state index contributed by atoms with van der Waals surface area (Å²) >= 11 is 0. The van der Waals surface area contributed by atoms with E-state index in [0.717, 1.165) is 18.5 Å². The number of anilines is 1. The Morgan fingerprint density at radius 1 is 1.22 bits per heavy atom. The van der Waals surface area contributed by atoms with Crippen LogP contribution in [0, 0.1) is 5.92 Å². The summed E-state index contributed by atoms with van der Waals surface area (Å²) in [5.74, 6) is 1.08. The van der Waals surface area contributed by atoms with E-state index in [1.165, 1.54) is 37.7 Å². The molecule has 0 heterocycles. The van der Waals surface area contributed by atoms with Gasteiger partial charge in [0.05, 0.1) is 0 Å². The van der Waals surface area contributed by atoms with Gasteiger partial charge in [0, 0.05) is 18.5 Å². The van der Waals surface area contributed by atoms with Gasteiger partial charge in [-0.2, -0.15) is 0 Å². The lowest BCUT2D eigenvalue weighted by molar-refractivity contribution is -0.120. The zero-order chi connectivity index (χ0) is 12.8. The van der Waals surface area contributed by atoms with Crippen molar-refractivity contribution in [3.63, 3.8) is 0 Å². The molecule has 0 bridgehead atoms. The van der Waals surface area contributed by atoms with Gasteiger partial charge in [-0.3, -0.25) is 4.79 Å². The van der Waals surface area contributed by atoms with E-state index in [4.69, 9.17) is 5.73 Å². The fourth-order valence-corrected chi connectivity index (χ4v) is 2.85. The third kappa shape index (κ3) is 4.17. The van der Waals surface area contributed by atoms with E-state index < -0.39 is 0 Å². The first kappa shape index (κ1) is 13.1.